The van der Waals surface area contributed by atoms with Gasteiger partial charge in [-0.1, -0.05) is 30.7 Å². The number of pyridine rings is 1. The fraction of sp³-hybridized carbons (Fsp3) is 0.208. The fourth-order valence-corrected chi connectivity index (χ4v) is 3.41. The van der Waals surface area contributed by atoms with Crippen LogP contribution in [-0.4, -0.2) is 34.6 Å². The van der Waals surface area contributed by atoms with E-state index in [1.165, 1.54) is 6.33 Å². The maximum Gasteiger partial charge on any atom is 0.145 e. The summed E-state index contributed by atoms with van der Waals surface area (Å²) in [7, 11) is 0. The van der Waals surface area contributed by atoms with E-state index >= 15 is 0 Å². The van der Waals surface area contributed by atoms with Crippen molar-refractivity contribution in [1.82, 2.24) is 20.3 Å². The number of hydrogen-bond donors (Lipinski definition) is 2. The molecule has 0 spiro atoms. The highest BCUT2D eigenvalue weighted by Crippen LogP contribution is 2.34. The highest BCUT2D eigenvalue weighted by Gasteiger charge is 2.12. The van der Waals surface area contributed by atoms with E-state index < -0.39 is 0 Å². The summed E-state index contributed by atoms with van der Waals surface area (Å²) in [6.07, 6.45) is 3.26. The Bertz CT molecular complexity index is 1170. The highest BCUT2D eigenvalue weighted by molar-refractivity contribution is 6.32. The quantitative estimate of drug-likeness (QED) is 0.330. The van der Waals surface area contributed by atoms with E-state index in [2.05, 4.69) is 32.5 Å². The number of fused-ring (bicyclic) bond motifs is 1. The normalized spacial score (nSPS) is 10.8. The average Bonchev–Trinajstić information content (AvgIpc) is 2.82. The van der Waals surface area contributed by atoms with Gasteiger partial charge in [0.25, 0.3) is 0 Å². The lowest BCUT2D eigenvalue weighted by atomic mass is 10.2. The fourth-order valence-electron chi connectivity index (χ4n) is 3.17. The van der Waals surface area contributed by atoms with Crippen LogP contribution in [-0.2, 0) is 6.61 Å². The van der Waals surface area contributed by atoms with Crippen molar-refractivity contribution in [3.63, 3.8) is 0 Å². The Balaban J connectivity index is 1.52. The molecule has 0 radical (unpaired) electrons. The molecule has 0 fully saturated rings. The molecule has 0 aliphatic rings. The van der Waals surface area contributed by atoms with Gasteiger partial charge in [-0.15, -0.1) is 0 Å². The molecule has 7 nitrogen and oxygen atoms in total. The second-order valence-corrected chi connectivity index (χ2v) is 7.36. The number of rotatable bonds is 10. The first kappa shape index (κ1) is 21.8. The standard InChI is InChI=1S/C24H24ClN5O2/c1-2-26-12-13-31-22-8-5-7-20-23(22)24(29-16-28-20)30-17-9-10-21(19(25)14-17)32-15-18-6-3-4-11-27-18/h3-11,14,16,26H,2,12-13,15H2,1H3,(H,28,29,30). The van der Waals surface area contributed by atoms with Gasteiger partial charge >= 0.3 is 0 Å². The van der Waals surface area contributed by atoms with Gasteiger partial charge in [0.1, 0.15) is 36.9 Å². The molecule has 0 aliphatic carbocycles. The number of halogens is 1. The maximum absolute atomic E-state index is 6.46. The van der Waals surface area contributed by atoms with Gasteiger partial charge in [-0.3, -0.25) is 4.98 Å². The van der Waals surface area contributed by atoms with Crippen LogP contribution in [0.1, 0.15) is 12.6 Å². The maximum atomic E-state index is 6.46. The van der Waals surface area contributed by atoms with Gasteiger partial charge in [-0.25, -0.2) is 9.97 Å². The monoisotopic (exact) mass is 449 g/mol. The van der Waals surface area contributed by atoms with Crippen LogP contribution in [0.5, 0.6) is 11.5 Å². The van der Waals surface area contributed by atoms with Crippen LogP contribution >= 0.6 is 11.6 Å². The molecular weight excluding hydrogens is 426 g/mol. The molecule has 4 aromatic rings. The van der Waals surface area contributed by atoms with Gasteiger partial charge in [0.05, 0.1) is 21.6 Å². The lowest BCUT2D eigenvalue weighted by Crippen LogP contribution is -2.20. The number of aromatic nitrogens is 3. The zero-order chi connectivity index (χ0) is 22.2. The van der Waals surface area contributed by atoms with Gasteiger partial charge in [-0.2, -0.15) is 0 Å². The molecule has 2 N–H and O–H groups in total. The number of likely N-dealkylation sites (N-methyl/N-ethyl adjacent to an activating group) is 1. The molecule has 0 amide bonds. The number of anilines is 2. The summed E-state index contributed by atoms with van der Waals surface area (Å²) < 4.78 is 11.8. The topological polar surface area (TPSA) is 81.2 Å². The van der Waals surface area contributed by atoms with E-state index in [9.17, 15) is 0 Å². The summed E-state index contributed by atoms with van der Waals surface area (Å²) in [5.41, 5.74) is 2.41. The molecule has 164 valence electrons. The molecule has 2 aromatic heterocycles. The Morgan fingerprint density at radius 1 is 0.938 bits per heavy atom. The van der Waals surface area contributed by atoms with Crippen molar-refractivity contribution < 1.29 is 9.47 Å². The van der Waals surface area contributed by atoms with Crippen molar-refractivity contribution in [2.24, 2.45) is 0 Å². The van der Waals surface area contributed by atoms with Crippen LogP contribution in [0.15, 0.2) is 67.1 Å². The summed E-state index contributed by atoms with van der Waals surface area (Å²) in [5, 5.41) is 7.89. The minimum Gasteiger partial charge on any atom is -0.491 e. The molecule has 0 saturated carbocycles. The van der Waals surface area contributed by atoms with Crippen molar-refractivity contribution in [3.8, 4) is 11.5 Å². The molecule has 0 aliphatic heterocycles. The predicted molar refractivity (Wildman–Crippen MR) is 127 cm³/mol. The van der Waals surface area contributed by atoms with Crippen LogP contribution in [0, 0.1) is 0 Å². The van der Waals surface area contributed by atoms with Crippen LogP contribution < -0.4 is 20.1 Å². The van der Waals surface area contributed by atoms with Gasteiger partial charge in [-0.05, 0) is 49.0 Å². The first-order valence-electron chi connectivity index (χ1n) is 10.4. The first-order valence-corrected chi connectivity index (χ1v) is 10.8. The van der Waals surface area contributed by atoms with Crippen LogP contribution in [0.4, 0.5) is 11.5 Å². The summed E-state index contributed by atoms with van der Waals surface area (Å²) in [6.45, 7) is 4.62. The van der Waals surface area contributed by atoms with Crippen molar-refractivity contribution >= 4 is 34.0 Å². The van der Waals surface area contributed by atoms with Gasteiger partial charge < -0.3 is 20.1 Å². The minimum atomic E-state index is 0.345. The van der Waals surface area contributed by atoms with Crippen molar-refractivity contribution in [2.45, 2.75) is 13.5 Å². The zero-order valence-electron chi connectivity index (χ0n) is 17.7. The Morgan fingerprint density at radius 3 is 2.69 bits per heavy atom. The number of nitrogens with one attached hydrogen (secondary N) is 2. The Hall–Kier alpha value is -3.42. The third-order valence-corrected chi connectivity index (χ3v) is 5.00. The molecule has 0 bridgehead atoms. The van der Waals surface area contributed by atoms with E-state index in [0.717, 1.165) is 41.1 Å². The molecule has 4 rings (SSSR count). The molecule has 0 atom stereocenters. The van der Waals surface area contributed by atoms with Crippen LogP contribution in [0.25, 0.3) is 10.9 Å². The number of nitrogens with zero attached hydrogens (tertiary/aromatic N) is 3. The van der Waals surface area contributed by atoms with E-state index in [1.54, 1.807) is 12.3 Å². The molecule has 0 saturated heterocycles. The number of benzene rings is 2. The molecular formula is C24H24ClN5O2. The summed E-state index contributed by atoms with van der Waals surface area (Å²) >= 11 is 6.46. The second kappa shape index (κ2) is 10.7. The summed E-state index contributed by atoms with van der Waals surface area (Å²) in [4.78, 5) is 13.1. The third kappa shape index (κ3) is 5.43. The van der Waals surface area contributed by atoms with E-state index in [4.69, 9.17) is 21.1 Å². The predicted octanol–water partition coefficient (Wildman–Crippen LogP) is 4.99. The average molecular weight is 450 g/mol. The SMILES string of the molecule is CCNCCOc1cccc2ncnc(Nc3ccc(OCc4ccccn4)c(Cl)c3)c12. The molecule has 0 unspecified atom stereocenters. The smallest absolute Gasteiger partial charge is 0.145 e. The number of hydrogen-bond acceptors (Lipinski definition) is 7. The first-order chi connectivity index (χ1) is 15.7. The Kier molecular flexibility index (Phi) is 7.32. The largest absolute Gasteiger partial charge is 0.491 e. The minimum absolute atomic E-state index is 0.345. The summed E-state index contributed by atoms with van der Waals surface area (Å²) in [6, 6.07) is 17.0. The van der Waals surface area contributed by atoms with Gasteiger partial charge in [0.15, 0.2) is 0 Å². The van der Waals surface area contributed by atoms with Crippen LogP contribution in [0.2, 0.25) is 5.02 Å². The van der Waals surface area contributed by atoms with E-state index in [1.807, 2.05) is 48.5 Å². The van der Waals surface area contributed by atoms with Crippen molar-refractivity contribution in [2.75, 3.05) is 25.0 Å². The summed E-state index contributed by atoms with van der Waals surface area (Å²) in [5.74, 6) is 1.96. The number of ether oxygens (including phenoxy) is 2. The van der Waals surface area contributed by atoms with E-state index in [-0.39, 0.29) is 0 Å². The lowest BCUT2D eigenvalue weighted by Gasteiger charge is -2.14. The molecule has 2 heterocycles. The zero-order valence-corrected chi connectivity index (χ0v) is 18.5. The van der Waals surface area contributed by atoms with Gasteiger partial charge in [0.2, 0.25) is 0 Å². The molecule has 8 heteroatoms. The third-order valence-electron chi connectivity index (χ3n) is 4.71. The van der Waals surface area contributed by atoms with Crippen LogP contribution in [0.3, 0.4) is 0 Å². The van der Waals surface area contributed by atoms with Crippen molar-refractivity contribution in [3.05, 3.63) is 77.8 Å². The van der Waals surface area contributed by atoms with E-state index in [0.29, 0.717) is 29.8 Å². The highest BCUT2D eigenvalue weighted by atomic mass is 35.5. The Labute approximate surface area is 191 Å². The second-order valence-electron chi connectivity index (χ2n) is 6.95. The Morgan fingerprint density at radius 2 is 1.88 bits per heavy atom. The lowest BCUT2D eigenvalue weighted by molar-refractivity contribution is 0.301. The molecule has 2 aromatic carbocycles. The molecule has 32 heavy (non-hydrogen) atoms. The van der Waals surface area contributed by atoms with Crippen molar-refractivity contribution in [1.29, 1.82) is 0 Å². The van der Waals surface area contributed by atoms with Gasteiger partial charge in [0, 0.05) is 18.4 Å².